The van der Waals surface area contributed by atoms with Crippen molar-refractivity contribution in [3.8, 4) is 0 Å². The Morgan fingerprint density at radius 3 is 2.65 bits per heavy atom. The van der Waals surface area contributed by atoms with Gasteiger partial charge in [-0.05, 0) is 59.3 Å². The van der Waals surface area contributed by atoms with E-state index in [2.05, 4.69) is 35.7 Å². The van der Waals surface area contributed by atoms with Gasteiger partial charge in [-0.15, -0.1) is 0 Å². The number of hydrogen-bond donors (Lipinski definition) is 1. The molecule has 2 saturated heterocycles. The van der Waals surface area contributed by atoms with E-state index >= 15 is 0 Å². The first kappa shape index (κ1) is 16.2. The number of fused-ring (bicyclic) bond motifs is 1. The molecular weight excluding hydrogens is 248 g/mol. The Morgan fingerprint density at radius 2 is 2.00 bits per heavy atom. The fourth-order valence-corrected chi connectivity index (χ4v) is 4.09. The van der Waals surface area contributed by atoms with E-state index in [1.54, 1.807) is 0 Å². The van der Waals surface area contributed by atoms with E-state index < -0.39 is 0 Å². The zero-order chi connectivity index (χ0) is 14.6. The van der Waals surface area contributed by atoms with Crippen molar-refractivity contribution in [3.05, 3.63) is 0 Å². The van der Waals surface area contributed by atoms with E-state index in [9.17, 15) is 0 Å². The predicted molar refractivity (Wildman–Crippen MR) is 86.0 cm³/mol. The average Bonchev–Trinajstić information content (AvgIpc) is 2.90. The quantitative estimate of drug-likeness (QED) is 0.761. The minimum atomic E-state index is 0.261. The number of nitrogens with two attached hydrogens (primary N) is 1. The van der Waals surface area contributed by atoms with Gasteiger partial charge in [-0.1, -0.05) is 6.92 Å². The van der Waals surface area contributed by atoms with Crippen LogP contribution in [-0.2, 0) is 0 Å². The molecule has 2 aliphatic heterocycles. The highest BCUT2D eigenvalue weighted by atomic mass is 15.3. The second-order valence-corrected chi connectivity index (χ2v) is 7.00. The van der Waals surface area contributed by atoms with Gasteiger partial charge in [-0.25, -0.2) is 0 Å². The standard InChI is InChI=1S/C16H34N4/c1-4-8-20(12-11-18(2)3)16(14-17)7-10-19-9-5-6-15(19)13-16/h15H,4-14,17H2,1-3H3. The van der Waals surface area contributed by atoms with Gasteiger partial charge in [0, 0.05) is 37.8 Å². The molecular formula is C16H34N4. The molecule has 2 unspecified atom stereocenters. The monoisotopic (exact) mass is 282 g/mol. The molecule has 4 nitrogen and oxygen atoms in total. The summed E-state index contributed by atoms with van der Waals surface area (Å²) in [5, 5.41) is 0. The molecule has 4 heteroatoms. The lowest BCUT2D eigenvalue weighted by Gasteiger charge is -2.50. The molecule has 2 atom stereocenters. The van der Waals surface area contributed by atoms with E-state index in [1.165, 1.54) is 51.7 Å². The minimum Gasteiger partial charge on any atom is -0.329 e. The summed E-state index contributed by atoms with van der Waals surface area (Å²) >= 11 is 0. The second-order valence-electron chi connectivity index (χ2n) is 7.00. The Bertz CT molecular complexity index is 294. The molecule has 0 radical (unpaired) electrons. The van der Waals surface area contributed by atoms with Crippen molar-refractivity contribution >= 4 is 0 Å². The van der Waals surface area contributed by atoms with Crippen LogP contribution in [0.5, 0.6) is 0 Å². The van der Waals surface area contributed by atoms with E-state index in [4.69, 9.17) is 5.73 Å². The molecule has 2 N–H and O–H groups in total. The third-order valence-corrected chi connectivity index (χ3v) is 5.34. The Morgan fingerprint density at radius 1 is 1.20 bits per heavy atom. The Balaban J connectivity index is 2.05. The molecule has 0 aliphatic carbocycles. The van der Waals surface area contributed by atoms with Crippen LogP contribution in [0.4, 0.5) is 0 Å². The van der Waals surface area contributed by atoms with Crippen LogP contribution in [0.3, 0.4) is 0 Å². The van der Waals surface area contributed by atoms with E-state index in [0.717, 1.165) is 25.7 Å². The van der Waals surface area contributed by atoms with E-state index in [0.29, 0.717) is 0 Å². The van der Waals surface area contributed by atoms with Crippen LogP contribution in [0.25, 0.3) is 0 Å². The molecule has 0 spiro atoms. The highest BCUT2D eigenvalue weighted by Gasteiger charge is 2.43. The molecule has 2 rings (SSSR count). The molecule has 0 amide bonds. The Labute approximate surface area is 125 Å². The maximum Gasteiger partial charge on any atom is 0.0359 e. The predicted octanol–water partition coefficient (Wildman–Crippen LogP) is 1.22. The summed E-state index contributed by atoms with van der Waals surface area (Å²) in [5.41, 5.74) is 6.55. The summed E-state index contributed by atoms with van der Waals surface area (Å²) in [6.45, 7) is 9.17. The highest BCUT2D eigenvalue weighted by molar-refractivity contribution is 5.01. The van der Waals surface area contributed by atoms with Gasteiger partial charge in [-0.2, -0.15) is 0 Å². The molecule has 2 fully saturated rings. The van der Waals surface area contributed by atoms with Gasteiger partial charge in [0.05, 0.1) is 0 Å². The number of hydrogen-bond acceptors (Lipinski definition) is 4. The fraction of sp³-hybridized carbons (Fsp3) is 1.00. The first-order valence-electron chi connectivity index (χ1n) is 8.45. The SMILES string of the molecule is CCCN(CCN(C)C)C1(CN)CCN2CCCC2C1. The third-order valence-electron chi connectivity index (χ3n) is 5.34. The van der Waals surface area contributed by atoms with Crippen LogP contribution in [-0.4, -0.2) is 79.6 Å². The van der Waals surface area contributed by atoms with Crippen molar-refractivity contribution in [2.45, 2.75) is 50.6 Å². The number of likely N-dealkylation sites (N-methyl/N-ethyl adjacent to an activating group) is 1. The van der Waals surface area contributed by atoms with E-state index in [1.807, 2.05) is 0 Å². The molecule has 0 aromatic heterocycles. The summed E-state index contributed by atoms with van der Waals surface area (Å²) in [5.74, 6) is 0. The second kappa shape index (κ2) is 7.21. The molecule has 0 aromatic carbocycles. The molecule has 2 heterocycles. The smallest absolute Gasteiger partial charge is 0.0359 e. The lowest BCUT2D eigenvalue weighted by Crippen LogP contribution is -2.62. The van der Waals surface area contributed by atoms with Crippen LogP contribution < -0.4 is 5.73 Å². The molecule has 20 heavy (non-hydrogen) atoms. The van der Waals surface area contributed by atoms with Gasteiger partial charge >= 0.3 is 0 Å². The van der Waals surface area contributed by atoms with Crippen molar-refractivity contribution < 1.29 is 0 Å². The summed E-state index contributed by atoms with van der Waals surface area (Å²) in [4.78, 5) is 7.70. The average molecular weight is 282 g/mol. The van der Waals surface area contributed by atoms with E-state index in [-0.39, 0.29) is 5.54 Å². The highest BCUT2D eigenvalue weighted by Crippen LogP contribution is 2.36. The first-order valence-corrected chi connectivity index (χ1v) is 8.45. The first-order chi connectivity index (χ1) is 9.61. The number of rotatable bonds is 7. The summed E-state index contributed by atoms with van der Waals surface area (Å²) in [7, 11) is 4.33. The summed E-state index contributed by atoms with van der Waals surface area (Å²) in [6, 6.07) is 0.797. The van der Waals surface area contributed by atoms with Crippen molar-refractivity contribution in [1.29, 1.82) is 0 Å². The Kier molecular flexibility index (Phi) is 5.84. The molecule has 2 aliphatic rings. The minimum absolute atomic E-state index is 0.261. The number of nitrogens with zero attached hydrogens (tertiary/aromatic N) is 3. The van der Waals surface area contributed by atoms with Crippen LogP contribution in [0, 0.1) is 0 Å². The lowest BCUT2D eigenvalue weighted by atomic mass is 9.81. The van der Waals surface area contributed by atoms with Crippen LogP contribution >= 0.6 is 0 Å². The lowest BCUT2D eigenvalue weighted by molar-refractivity contribution is 0.00707. The van der Waals surface area contributed by atoms with Gasteiger partial charge in [0.1, 0.15) is 0 Å². The zero-order valence-corrected chi connectivity index (χ0v) is 13.8. The van der Waals surface area contributed by atoms with Crippen molar-refractivity contribution in [1.82, 2.24) is 14.7 Å². The molecule has 0 saturated carbocycles. The van der Waals surface area contributed by atoms with Crippen molar-refractivity contribution in [2.75, 3.05) is 53.4 Å². The molecule has 0 aromatic rings. The zero-order valence-electron chi connectivity index (χ0n) is 13.8. The van der Waals surface area contributed by atoms with Crippen molar-refractivity contribution in [3.63, 3.8) is 0 Å². The fourth-order valence-electron chi connectivity index (χ4n) is 4.09. The normalized spacial score (nSPS) is 31.2. The van der Waals surface area contributed by atoms with Crippen LogP contribution in [0.15, 0.2) is 0 Å². The van der Waals surface area contributed by atoms with Crippen LogP contribution in [0.1, 0.15) is 39.0 Å². The maximum atomic E-state index is 6.28. The third kappa shape index (κ3) is 3.53. The molecule has 118 valence electrons. The van der Waals surface area contributed by atoms with Crippen LogP contribution in [0.2, 0.25) is 0 Å². The van der Waals surface area contributed by atoms with Gasteiger partial charge in [0.15, 0.2) is 0 Å². The maximum absolute atomic E-state index is 6.28. The van der Waals surface area contributed by atoms with Gasteiger partial charge < -0.3 is 15.5 Å². The number of piperidine rings is 1. The van der Waals surface area contributed by atoms with Crippen molar-refractivity contribution in [2.24, 2.45) is 5.73 Å². The topological polar surface area (TPSA) is 35.7 Å². The summed E-state index contributed by atoms with van der Waals surface area (Å²) in [6.07, 6.45) is 6.54. The van der Waals surface area contributed by atoms with Gasteiger partial charge in [-0.3, -0.25) is 4.90 Å². The molecule has 0 bridgehead atoms. The van der Waals surface area contributed by atoms with Gasteiger partial charge in [0.2, 0.25) is 0 Å². The largest absolute Gasteiger partial charge is 0.329 e. The Hall–Kier alpha value is -0.160. The summed E-state index contributed by atoms with van der Waals surface area (Å²) < 4.78 is 0. The van der Waals surface area contributed by atoms with Gasteiger partial charge in [0.25, 0.3) is 0 Å².